The number of rotatable bonds is 6. The molecular formula is C19H22N2O4S. The summed E-state index contributed by atoms with van der Waals surface area (Å²) in [6, 6.07) is 9.49. The Labute approximate surface area is 156 Å². The maximum Gasteiger partial charge on any atom is 0.310 e. The number of nitrogens with zero attached hydrogens (tertiary/aromatic N) is 2. The number of para-hydroxylation sites is 1. The number of hydrogen-bond donors (Lipinski definition) is 0. The molecule has 0 bridgehead atoms. The first-order valence-corrected chi connectivity index (χ1v) is 9.63. The normalized spacial score (nSPS) is 17.0. The zero-order chi connectivity index (χ0) is 18.4. The highest BCUT2D eigenvalue weighted by molar-refractivity contribution is 7.09. The largest absolute Gasteiger partial charge is 0.486 e. The summed E-state index contributed by atoms with van der Waals surface area (Å²) in [6.07, 6.45) is 1.55. The van der Waals surface area contributed by atoms with Gasteiger partial charge in [0.15, 0.2) is 0 Å². The number of ether oxygens (including phenoxy) is 2. The molecule has 26 heavy (non-hydrogen) atoms. The minimum Gasteiger partial charge on any atom is -0.486 e. The molecule has 7 heteroatoms. The molecule has 1 atom stereocenters. The predicted octanol–water partition coefficient (Wildman–Crippen LogP) is 3.14. The molecule has 138 valence electrons. The van der Waals surface area contributed by atoms with Crippen LogP contribution in [0.15, 0.2) is 35.7 Å². The molecule has 1 aromatic heterocycles. The second-order valence-corrected chi connectivity index (χ2v) is 7.01. The Morgan fingerprint density at radius 2 is 2.12 bits per heavy atom. The number of hydrogen-bond acceptors (Lipinski definition) is 6. The van der Waals surface area contributed by atoms with Crippen LogP contribution in [0.4, 0.5) is 0 Å². The van der Waals surface area contributed by atoms with Crippen LogP contribution in [0.25, 0.3) is 0 Å². The van der Waals surface area contributed by atoms with E-state index in [1.54, 1.807) is 17.2 Å². The van der Waals surface area contributed by atoms with Crippen molar-refractivity contribution in [2.24, 2.45) is 5.92 Å². The second kappa shape index (κ2) is 8.80. The van der Waals surface area contributed by atoms with E-state index in [-0.39, 0.29) is 17.8 Å². The van der Waals surface area contributed by atoms with Crippen molar-refractivity contribution >= 4 is 23.2 Å². The van der Waals surface area contributed by atoms with Gasteiger partial charge >= 0.3 is 5.97 Å². The number of benzene rings is 1. The van der Waals surface area contributed by atoms with Crippen LogP contribution in [0.2, 0.25) is 0 Å². The van der Waals surface area contributed by atoms with Gasteiger partial charge in [-0.15, -0.1) is 11.3 Å². The third-order valence-electron chi connectivity index (χ3n) is 4.20. The molecule has 0 aliphatic carbocycles. The smallest absolute Gasteiger partial charge is 0.310 e. The van der Waals surface area contributed by atoms with Gasteiger partial charge in [-0.25, -0.2) is 4.98 Å². The van der Waals surface area contributed by atoms with Crippen molar-refractivity contribution in [1.82, 2.24) is 9.88 Å². The molecule has 1 fully saturated rings. The van der Waals surface area contributed by atoms with E-state index < -0.39 is 0 Å². The van der Waals surface area contributed by atoms with Gasteiger partial charge in [0, 0.05) is 18.5 Å². The Morgan fingerprint density at radius 1 is 1.31 bits per heavy atom. The quantitative estimate of drug-likeness (QED) is 0.727. The number of amides is 1. The lowest BCUT2D eigenvalue weighted by atomic mass is 9.98. The van der Waals surface area contributed by atoms with Crippen LogP contribution in [0.3, 0.4) is 0 Å². The third-order valence-corrected chi connectivity index (χ3v) is 5.03. The average Bonchev–Trinajstić information content (AvgIpc) is 3.16. The predicted molar refractivity (Wildman–Crippen MR) is 98.1 cm³/mol. The molecule has 0 spiro atoms. The summed E-state index contributed by atoms with van der Waals surface area (Å²) < 4.78 is 10.8. The fourth-order valence-electron chi connectivity index (χ4n) is 2.91. The summed E-state index contributed by atoms with van der Waals surface area (Å²) >= 11 is 1.40. The van der Waals surface area contributed by atoms with E-state index >= 15 is 0 Å². The van der Waals surface area contributed by atoms with Crippen molar-refractivity contribution in [1.29, 1.82) is 0 Å². The molecule has 2 heterocycles. The molecule has 0 N–H and O–H groups in total. The maximum absolute atomic E-state index is 12.7. The molecule has 2 aromatic rings. The van der Waals surface area contributed by atoms with Crippen LogP contribution in [-0.2, 0) is 16.1 Å². The van der Waals surface area contributed by atoms with Crippen molar-refractivity contribution in [3.63, 3.8) is 0 Å². The Bertz CT molecular complexity index is 747. The molecule has 1 unspecified atom stereocenters. The summed E-state index contributed by atoms with van der Waals surface area (Å²) in [5.41, 5.74) is 0.408. The van der Waals surface area contributed by atoms with E-state index in [2.05, 4.69) is 4.98 Å². The molecule has 3 rings (SSSR count). The molecule has 1 aliphatic heterocycles. The van der Waals surface area contributed by atoms with E-state index in [1.165, 1.54) is 11.3 Å². The molecular weight excluding hydrogens is 352 g/mol. The van der Waals surface area contributed by atoms with Gasteiger partial charge < -0.3 is 14.4 Å². The second-order valence-electron chi connectivity index (χ2n) is 6.07. The summed E-state index contributed by atoms with van der Waals surface area (Å²) in [7, 11) is 0. The van der Waals surface area contributed by atoms with Crippen molar-refractivity contribution in [3.05, 3.63) is 46.4 Å². The molecule has 1 aromatic carbocycles. The average molecular weight is 374 g/mol. The fraction of sp³-hybridized carbons (Fsp3) is 0.421. The summed E-state index contributed by atoms with van der Waals surface area (Å²) in [4.78, 5) is 30.7. The zero-order valence-corrected chi connectivity index (χ0v) is 15.5. The Kier molecular flexibility index (Phi) is 6.22. The highest BCUT2D eigenvalue weighted by atomic mass is 32.1. The van der Waals surface area contributed by atoms with Gasteiger partial charge in [-0.1, -0.05) is 18.2 Å². The van der Waals surface area contributed by atoms with Gasteiger partial charge in [-0.2, -0.15) is 0 Å². The van der Waals surface area contributed by atoms with Gasteiger partial charge in [-0.3, -0.25) is 9.59 Å². The van der Waals surface area contributed by atoms with E-state index in [0.29, 0.717) is 32.0 Å². The van der Waals surface area contributed by atoms with Crippen LogP contribution >= 0.6 is 11.3 Å². The number of carbonyl (C=O) groups is 2. The molecule has 0 radical (unpaired) electrons. The molecule has 1 aliphatic rings. The summed E-state index contributed by atoms with van der Waals surface area (Å²) in [5, 5.41) is 2.50. The van der Waals surface area contributed by atoms with E-state index in [1.807, 2.05) is 30.3 Å². The SMILES string of the molecule is CCOC(=O)C1CCCN(C(=O)c2csc(COc3ccccc3)n2)C1. The minimum atomic E-state index is -0.243. The van der Waals surface area contributed by atoms with Crippen LogP contribution in [0.1, 0.15) is 35.3 Å². The number of carbonyl (C=O) groups excluding carboxylic acids is 2. The lowest BCUT2D eigenvalue weighted by Gasteiger charge is -2.31. The molecule has 1 amide bonds. The molecule has 0 saturated carbocycles. The Hall–Kier alpha value is -2.41. The number of piperidine rings is 1. The first kappa shape index (κ1) is 18.4. The van der Waals surface area contributed by atoms with Crippen LogP contribution < -0.4 is 4.74 Å². The Balaban J connectivity index is 1.58. The van der Waals surface area contributed by atoms with Gasteiger partial charge in [0.25, 0.3) is 5.91 Å². The summed E-state index contributed by atoms with van der Waals surface area (Å²) in [6.45, 7) is 3.51. The van der Waals surface area contributed by atoms with Crippen molar-refractivity contribution in [2.75, 3.05) is 19.7 Å². The van der Waals surface area contributed by atoms with Gasteiger partial charge in [0.05, 0.1) is 12.5 Å². The summed E-state index contributed by atoms with van der Waals surface area (Å²) in [5.74, 6) is 0.164. The molecule has 1 saturated heterocycles. The van der Waals surface area contributed by atoms with Gasteiger partial charge in [0.1, 0.15) is 23.1 Å². The van der Waals surface area contributed by atoms with Gasteiger partial charge in [-0.05, 0) is 31.9 Å². The standard InChI is InChI=1S/C19H22N2O4S/c1-2-24-19(23)14-7-6-10-21(11-14)18(22)16-13-26-17(20-16)12-25-15-8-4-3-5-9-15/h3-5,8-9,13-14H,2,6-7,10-12H2,1H3. The maximum atomic E-state index is 12.7. The monoisotopic (exact) mass is 374 g/mol. The van der Waals surface area contributed by atoms with Crippen LogP contribution in [0, 0.1) is 5.92 Å². The van der Waals surface area contributed by atoms with Crippen LogP contribution in [-0.4, -0.2) is 41.5 Å². The number of thiazole rings is 1. The fourth-order valence-corrected chi connectivity index (χ4v) is 3.59. The first-order chi connectivity index (χ1) is 12.7. The lowest BCUT2D eigenvalue weighted by molar-refractivity contribution is -0.149. The van der Waals surface area contributed by atoms with E-state index in [0.717, 1.165) is 23.6 Å². The van der Waals surface area contributed by atoms with E-state index in [9.17, 15) is 9.59 Å². The van der Waals surface area contributed by atoms with Gasteiger partial charge in [0.2, 0.25) is 0 Å². The first-order valence-electron chi connectivity index (χ1n) is 8.75. The third kappa shape index (κ3) is 4.60. The number of esters is 1. The highest BCUT2D eigenvalue weighted by Crippen LogP contribution is 2.21. The zero-order valence-electron chi connectivity index (χ0n) is 14.7. The van der Waals surface area contributed by atoms with Crippen molar-refractivity contribution in [3.8, 4) is 5.75 Å². The van der Waals surface area contributed by atoms with Crippen molar-refractivity contribution in [2.45, 2.75) is 26.4 Å². The number of aromatic nitrogens is 1. The topological polar surface area (TPSA) is 68.7 Å². The van der Waals surface area contributed by atoms with Crippen molar-refractivity contribution < 1.29 is 19.1 Å². The lowest BCUT2D eigenvalue weighted by Crippen LogP contribution is -2.43. The Morgan fingerprint density at radius 3 is 2.88 bits per heavy atom. The van der Waals surface area contributed by atoms with Crippen LogP contribution in [0.5, 0.6) is 5.75 Å². The van der Waals surface area contributed by atoms with E-state index in [4.69, 9.17) is 9.47 Å². The molecule has 6 nitrogen and oxygen atoms in total. The minimum absolute atomic E-state index is 0.138. The number of likely N-dealkylation sites (tertiary alicyclic amines) is 1. The highest BCUT2D eigenvalue weighted by Gasteiger charge is 2.30.